The van der Waals surface area contributed by atoms with E-state index in [-0.39, 0.29) is 5.91 Å². The highest BCUT2D eigenvalue weighted by molar-refractivity contribution is 9.10. The summed E-state index contributed by atoms with van der Waals surface area (Å²) < 4.78 is 6.83. The van der Waals surface area contributed by atoms with E-state index in [9.17, 15) is 4.79 Å². The highest BCUT2D eigenvalue weighted by Crippen LogP contribution is 2.19. The summed E-state index contributed by atoms with van der Waals surface area (Å²) in [5, 5.41) is 3.40. The maximum absolute atomic E-state index is 12.2. The number of halogens is 1. The average Bonchev–Trinajstić information content (AvgIpc) is 2.88. The van der Waals surface area contributed by atoms with Gasteiger partial charge in [0, 0.05) is 11.0 Å². The lowest BCUT2D eigenvalue weighted by molar-refractivity contribution is -0.122. The minimum atomic E-state index is -0.0944. The van der Waals surface area contributed by atoms with E-state index in [2.05, 4.69) is 21.2 Å². The van der Waals surface area contributed by atoms with Crippen molar-refractivity contribution in [1.82, 2.24) is 10.2 Å². The van der Waals surface area contributed by atoms with Crippen LogP contribution in [-0.2, 0) is 11.4 Å². The predicted molar refractivity (Wildman–Crippen MR) is 106 cm³/mol. The van der Waals surface area contributed by atoms with Crippen molar-refractivity contribution in [2.24, 2.45) is 0 Å². The molecule has 1 aliphatic heterocycles. The summed E-state index contributed by atoms with van der Waals surface area (Å²) in [6.45, 7) is 2.96. The number of hydrogen-bond acceptors (Lipinski definition) is 3. The van der Waals surface area contributed by atoms with Crippen molar-refractivity contribution in [1.29, 1.82) is 0 Å². The molecule has 0 saturated carbocycles. The maximum Gasteiger partial charge on any atom is 0.276 e. The standard InChI is InChI=1S/C19H17BrN2O2S/c1-2-22-18(23)17(21-19(22)25)11-13-5-9-16(10-6-13)24-12-14-3-7-15(20)8-4-14/h3-11H,2,12H2,1H3,(H,21,25)/b17-11-. The molecule has 1 aliphatic rings. The first kappa shape index (κ1) is 17.6. The Bertz CT molecular complexity index is 816. The lowest BCUT2D eigenvalue weighted by Gasteiger charge is -2.09. The van der Waals surface area contributed by atoms with E-state index < -0.39 is 0 Å². The van der Waals surface area contributed by atoms with Crippen LogP contribution in [0.1, 0.15) is 18.1 Å². The van der Waals surface area contributed by atoms with Gasteiger partial charge in [-0.2, -0.15) is 0 Å². The van der Waals surface area contributed by atoms with E-state index in [4.69, 9.17) is 17.0 Å². The van der Waals surface area contributed by atoms with Crippen molar-refractivity contribution in [2.75, 3.05) is 6.54 Å². The molecule has 0 bridgehead atoms. The normalized spacial score (nSPS) is 15.6. The van der Waals surface area contributed by atoms with Gasteiger partial charge in [-0.3, -0.25) is 9.69 Å². The minimum Gasteiger partial charge on any atom is -0.489 e. The zero-order valence-electron chi connectivity index (χ0n) is 13.7. The first-order chi connectivity index (χ1) is 12.1. The van der Waals surface area contributed by atoms with Crippen molar-refractivity contribution in [2.45, 2.75) is 13.5 Å². The quantitative estimate of drug-likeness (QED) is 0.588. The largest absolute Gasteiger partial charge is 0.489 e. The van der Waals surface area contributed by atoms with Gasteiger partial charge in [0.05, 0.1) is 0 Å². The van der Waals surface area contributed by atoms with Crippen LogP contribution in [0.3, 0.4) is 0 Å². The van der Waals surface area contributed by atoms with E-state index in [1.165, 1.54) is 4.90 Å². The number of nitrogens with zero attached hydrogens (tertiary/aromatic N) is 1. The molecule has 1 fully saturated rings. The van der Waals surface area contributed by atoms with Gasteiger partial charge in [0.15, 0.2) is 5.11 Å². The molecule has 25 heavy (non-hydrogen) atoms. The van der Waals surface area contributed by atoms with Gasteiger partial charge in [-0.1, -0.05) is 40.2 Å². The van der Waals surface area contributed by atoms with E-state index in [0.717, 1.165) is 21.3 Å². The van der Waals surface area contributed by atoms with Gasteiger partial charge < -0.3 is 10.1 Å². The molecule has 1 saturated heterocycles. The third-order valence-corrected chi connectivity index (χ3v) is 4.64. The Labute approximate surface area is 160 Å². The molecule has 6 heteroatoms. The van der Waals surface area contributed by atoms with Crippen molar-refractivity contribution in [3.8, 4) is 5.75 Å². The maximum atomic E-state index is 12.2. The summed E-state index contributed by atoms with van der Waals surface area (Å²) in [6, 6.07) is 15.6. The molecule has 1 heterocycles. The smallest absolute Gasteiger partial charge is 0.276 e. The van der Waals surface area contributed by atoms with E-state index >= 15 is 0 Å². The predicted octanol–water partition coefficient (Wildman–Crippen LogP) is 4.11. The number of nitrogens with one attached hydrogen (secondary N) is 1. The van der Waals surface area contributed by atoms with Gasteiger partial charge in [0.25, 0.3) is 5.91 Å². The Hall–Kier alpha value is -2.18. The van der Waals surface area contributed by atoms with Gasteiger partial charge in [-0.05, 0) is 60.6 Å². The fourth-order valence-corrected chi connectivity index (χ4v) is 3.02. The van der Waals surface area contributed by atoms with Gasteiger partial charge in [-0.15, -0.1) is 0 Å². The topological polar surface area (TPSA) is 41.6 Å². The summed E-state index contributed by atoms with van der Waals surface area (Å²) in [4.78, 5) is 13.7. The molecule has 0 radical (unpaired) electrons. The van der Waals surface area contributed by atoms with Crippen LogP contribution in [-0.4, -0.2) is 22.5 Å². The number of carbonyl (C=O) groups is 1. The summed E-state index contributed by atoms with van der Waals surface area (Å²) in [6.07, 6.45) is 1.79. The summed E-state index contributed by atoms with van der Waals surface area (Å²) in [7, 11) is 0. The van der Waals surface area contributed by atoms with Crippen molar-refractivity contribution >= 4 is 45.2 Å². The molecule has 0 spiro atoms. The van der Waals surface area contributed by atoms with Crippen LogP contribution in [0.15, 0.2) is 58.7 Å². The van der Waals surface area contributed by atoms with Crippen molar-refractivity contribution in [3.63, 3.8) is 0 Å². The summed E-state index contributed by atoms with van der Waals surface area (Å²) in [5.41, 5.74) is 2.51. The Kier molecular flexibility index (Phi) is 5.50. The minimum absolute atomic E-state index is 0.0944. The van der Waals surface area contributed by atoms with Gasteiger partial charge in [-0.25, -0.2) is 0 Å². The monoisotopic (exact) mass is 416 g/mol. The number of rotatable bonds is 5. The molecule has 0 atom stereocenters. The second-order valence-electron chi connectivity index (χ2n) is 5.52. The molecule has 0 unspecified atom stereocenters. The first-order valence-corrected chi connectivity index (χ1v) is 9.09. The molecule has 4 nitrogen and oxygen atoms in total. The second kappa shape index (κ2) is 7.80. The zero-order valence-corrected chi connectivity index (χ0v) is 16.1. The molecule has 3 rings (SSSR count). The first-order valence-electron chi connectivity index (χ1n) is 7.88. The number of carbonyl (C=O) groups excluding carboxylic acids is 1. The molecular formula is C19H17BrN2O2S. The number of thiocarbonyl (C=S) groups is 1. The molecule has 128 valence electrons. The molecule has 1 amide bonds. The number of likely N-dealkylation sites (N-methyl/N-ethyl adjacent to an activating group) is 1. The fraction of sp³-hybridized carbons (Fsp3) is 0.158. The molecular weight excluding hydrogens is 400 g/mol. The SMILES string of the molecule is CCN1C(=O)/C(=C/c2ccc(OCc3ccc(Br)cc3)cc2)NC1=S. The van der Waals surface area contributed by atoms with Crippen LogP contribution < -0.4 is 10.1 Å². The highest BCUT2D eigenvalue weighted by atomic mass is 79.9. The van der Waals surface area contributed by atoms with Crippen molar-refractivity contribution in [3.05, 3.63) is 69.8 Å². The van der Waals surface area contributed by atoms with Crippen LogP contribution >= 0.6 is 28.1 Å². The lowest BCUT2D eigenvalue weighted by atomic mass is 10.2. The number of hydrogen-bond donors (Lipinski definition) is 1. The second-order valence-corrected chi connectivity index (χ2v) is 6.82. The Morgan fingerprint density at radius 3 is 2.44 bits per heavy atom. The highest BCUT2D eigenvalue weighted by Gasteiger charge is 2.28. The van der Waals surface area contributed by atoms with Crippen LogP contribution in [0.4, 0.5) is 0 Å². The number of ether oxygens (including phenoxy) is 1. The van der Waals surface area contributed by atoms with Gasteiger partial charge in [0.2, 0.25) is 0 Å². The third-order valence-electron chi connectivity index (χ3n) is 3.79. The third kappa shape index (κ3) is 4.27. The van der Waals surface area contributed by atoms with Crippen LogP contribution in [0.5, 0.6) is 5.75 Å². The number of amides is 1. The Balaban J connectivity index is 1.64. The molecule has 0 aliphatic carbocycles. The van der Waals surface area contributed by atoms with E-state index in [1.54, 1.807) is 6.08 Å². The number of benzene rings is 2. The van der Waals surface area contributed by atoms with Gasteiger partial charge in [0.1, 0.15) is 18.1 Å². The molecule has 1 N–H and O–H groups in total. The summed E-state index contributed by atoms with van der Waals surface area (Å²) in [5.74, 6) is 0.685. The molecule has 2 aromatic rings. The van der Waals surface area contributed by atoms with Crippen LogP contribution in [0.25, 0.3) is 6.08 Å². The Morgan fingerprint density at radius 2 is 1.84 bits per heavy atom. The van der Waals surface area contributed by atoms with E-state index in [0.29, 0.717) is 24.0 Å². The van der Waals surface area contributed by atoms with Crippen LogP contribution in [0.2, 0.25) is 0 Å². The zero-order chi connectivity index (χ0) is 17.8. The van der Waals surface area contributed by atoms with Crippen molar-refractivity contribution < 1.29 is 9.53 Å². The Morgan fingerprint density at radius 1 is 1.16 bits per heavy atom. The lowest BCUT2D eigenvalue weighted by Crippen LogP contribution is -2.30. The fourth-order valence-electron chi connectivity index (χ4n) is 2.43. The average molecular weight is 417 g/mol. The van der Waals surface area contributed by atoms with Gasteiger partial charge >= 0.3 is 0 Å². The summed E-state index contributed by atoms with van der Waals surface area (Å²) >= 11 is 8.56. The van der Waals surface area contributed by atoms with Crippen LogP contribution in [0, 0.1) is 0 Å². The van der Waals surface area contributed by atoms with E-state index in [1.807, 2.05) is 55.5 Å². The molecule has 2 aromatic carbocycles. The molecule has 0 aromatic heterocycles.